The van der Waals surface area contributed by atoms with E-state index in [0.29, 0.717) is 17.7 Å². The molecule has 7 aromatic rings. The van der Waals surface area contributed by atoms with Gasteiger partial charge in [0.05, 0.1) is 17.1 Å². The first-order valence-electron chi connectivity index (χ1n) is 17.8. The van der Waals surface area contributed by atoms with E-state index in [1.807, 2.05) is 72.8 Å². The van der Waals surface area contributed by atoms with Crippen LogP contribution in [0, 0.1) is 11.3 Å². The molecule has 7 heteroatoms. The monoisotopic (exact) mass is 678 g/mol. The second-order valence-electron chi connectivity index (χ2n) is 13.4. The first-order chi connectivity index (χ1) is 25.6. The van der Waals surface area contributed by atoms with Gasteiger partial charge < -0.3 is 5.32 Å². The van der Waals surface area contributed by atoms with Crippen LogP contribution in [0.2, 0.25) is 0 Å². The number of likely N-dealkylation sites (tertiary alicyclic amines) is 1. The number of nitriles is 1. The minimum atomic E-state index is -0.827. The fourth-order valence-corrected chi connectivity index (χ4v) is 7.74. The average molecular weight is 679 g/mol. The van der Waals surface area contributed by atoms with Crippen LogP contribution in [0.1, 0.15) is 51.0 Å². The molecule has 8 rings (SSSR count). The van der Waals surface area contributed by atoms with Crippen LogP contribution in [0.3, 0.4) is 0 Å². The molecule has 1 amide bonds. The highest BCUT2D eigenvalue weighted by molar-refractivity contribution is 6.02. The van der Waals surface area contributed by atoms with Gasteiger partial charge in [-0.2, -0.15) is 10.4 Å². The van der Waals surface area contributed by atoms with Gasteiger partial charge in [0.1, 0.15) is 11.2 Å². The van der Waals surface area contributed by atoms with Crippen LogP contribution < -0.4 is 5.32 Å². The predicted octanol–water partition coefficient (Wildman–Crippen LogP) is 8.20. The largest absolute Gasteiger partial charge is 0.348 e. The summed E-state index contributed by atoms with van der Waals surface area (Å²) in [6.07, 6.45) is 5.43. The molecule has 1 atom stereocenters. The third-order valence-corrected chi connectivity index (χ3v) is 10.2. The van der Waals surface area contributed by atoms with Gasteiger partial charge in [-0.1, -0.05) is 109 Å². The molecule has 0 spiro atoms. The van der Waals surface area contributed by atoms with Crippen LogP contribution in [0.5, 0.6) is 0 Å². The summed E-state index contributed by atoms with van der Waals surface area (Å²) in [5.74, 6) is -0.111. The molecule has 1 fully saturated rings. The lowest BCUT2D eigenvalue weighted by Gasteiger charge is -2.37. The molecule has 0 saturated carbocycles. The molecule has 1 unspecified atom stereocenters. The number of amides is 1. The van der Waals surface area contributed by atoms with E-state index in [-0.39, 0.29) is 11.9 Å². The van der Waals surface area contributed by atoms with Gasteiger partial charge in [-0.25, -0.2) is 4.68 Å². The standard InChI is InChI=1S/C45H38N6O/c46-30-35-13-10-11-14-36(35)31-50-28-12-21-40(32-50)48-44(52)34-22-23-42-41(29-34)43(33-24-26-47-27-25-33)49-51(42)45(37-15-4-1-5-16-37,38-17-6-2-7-18-38)39-19-8-3-9-20-39/h1-11,13-20,22-27,29,40H,12,21,28,31-32H2,(H,48,52). The van der Waals surface area contributed by atoms with Crippen LogP contribution in [0.15, 0.2) is 158 Å². The van der Waals surface area contributed by atoms with Crippen molar-refractivity contribution in [3.05, 3.63) is 191 Å². The summed E-state index contributed by atoms with van der Waals surface area (Å²) in [6, 6.07) is 51.4. The third-order valence-electron chi connectivity index (χ3n) is 10.2. The Bertz CT molecular complexity index is 2250. The second kappa shape index (κ2) is 14.5. The van der Waals surface area contributed by atoms with Crippen molar-refractivity contribution in [1.29, 1.82) is 5.26 Å². The summed E-state index contributed by atoms with van der Waals surface area (Å²) < 4.78 is 2.14. The first-order valence-corrected chi connectivity index (χ1v) is 17.8. The minimum absolute atomic E-state index is 0.00419. The number of carbonyl (C=O) groups is 1. The summed E-state index contributed by atoms with van der Waals surface area (Å²) in [4.78, 5) is 20.6. The second-order valence-corrected chi connectivity index (χ2v) is 13.4. The van der Waals surface area contributed by atoms with Gasteiger partial charge in [-0.15, -0.1) is 0 Å². The van der Waals surface area contributed by atoms with E-state index in [0.717, 1.165) is 70.3 Å². The minimum Gasteiger partial charge on any atom is -0.348 e. The number of nitrogens with zero attached hydrogens (tertiary/aromatic N) is 5. The smallest absolute Gasteiger partial charge is 0.251 e. The third kappa shape index (κ3) is 6.14. The maximum atomic E-state index is 14.0. The summed E-state index contributed by atoms with van der Waals surface area (Å²) in [6.45, 7) is 2.34. The Morgan fingerprint density at radius 2 is 1.40 bits per heavy atom. The Balaban J connectivity index is 1.22. The van der Waals surface area contributed by atoms with E-state index >= 15 is 0 Å². The van der Waals surface area contributed by atoms with Gasteiger partial charge >= 0.3 is 0 Å². The van der Waals surface area contributed by atoms with Crippen molar-refractivity contribution >= 4 is 16.8 Å². The van der Waals surface area contributed by atoms with Gasteiger partial charge in [-0.3, -0.25) is 14.7 Å². The van der Waals surface area contributed by atoms with Crippen molar-refractivity contribution < 1.29 is 4.79 Å². The van der Waals surface area contributed by atoms with E-state index in [9.17, 15) is 10.1 Å². The lowest BCUT2D eigenvalue weighted by atomic mass is 9.77. The van der Waals surface area contributed by atoms with Crippen molar-refractivity contribution in [3.8, 4) is 17.3 Å². The average Bonchev–Trinajstić information content (AvgIpc) is 3.59. The van der Waals surface area contributed by atoms with Gasteiger partial charge in [-0.05, 0) is 78.0 Å². The molecule has 2 aromatic heterocycles. The van der Waals surface area contributed by atoms with Crippen LogP contribution in [-0.4, -0.2) is 44.7 Å². The van der Waals surface area contributed by atoms with E-state index in [1.165, 1.54) is 0 Å². The van der Waals surface area contributed by atoms with Gasteiger partial charge in [0.15, 0.2) is 0 Å². The van der Waals surface area contributed by atoms with Crippen molar-refractivity contribution in [2.75, 3.05) is 13.1 Å². The molecule has 0 bridgehead atoms. The highest BCUT2D eigenvalue weighted by Crippen LogP contribution is 2.44. The Morgan fingerprint density at radius 3 is 2.04 bits per heavy atom. The molecule has 52 heavy (non-hydrogen) atoms. The van der Waals surface area contributed by atoms with Gasteiger partial charge in [0, 0.05) is 48.0 Å². The van der Waals surface area contributed by atoms with Crippen molar-refractivity contribution in [2.24, 2.45) is 0 Å². The molecule has 5 aromatic carbocycles. The highest BCUT2D eigenvalue weighted by Gasteiger charge is 2.41. The number of hydrogen-bond donors (Lipinski definition) is 1. The Labute approximate surface area is 303 Å². The number of rotatable bonds is 9. The Morgan fingerprint density at radius 1 is 0.788 bits per heavy atom. The van der Waals surface area contributed by atoms with Crippen LogP contribution in [-0.2, 0) is 12.1 Å². The van der Waals surface area contributed by atoms with Crippen LogP contribution >= 0.6 is 0 Å². The SMILES string of the molecule is N#Cc1ccccc1CN1CCCC(NC(=O)c2ccc3c(c2)c(-c2ccncc2)nn3C(c2ccccc2)(c2ccccc2)c2ccccc2)C1. The number of pyridine rings is 1. The number of fused-ring (bicyclic) bond motifs is 1. The molecular weight excluding hydrogens is 641 g/mol. The maximum absolute atomic E-state index is 14.0. The molecule has 1 aliphatic rings. The molecule has 3 heterocycles. The zero-order chi connectivity index (χ0) is 35.3. The quantitative estimate of drug-likeness (QED) is 0.156. The van der Waals surface area contributed by atoms with Gasteiger partial charge in [0.2, 0.25) is 0 Å². The zero-order valence-electron chi connectivity index (χ0n) is 28.8. The Hall–Kier alpha value is -6.36. The maximum Gasteiger partial charge on any atom is 0.251 e. The number of carbonyl (C=O) groups excluding carboxylic acids is 1. The first kappa shape index (κ1) is 32.8. The molecule has 1 saturated heterocycles. The lowest BCUT2D eigenvalue weighted by molar-refractivity contribution is 0.0901. The van der Waals surface area contributed by atoms with Crippen molar-refractivity contribution in [3.63, 3.8) is 0 Å². The topological polar surface area (TPSA) is 86.8 Å². The summed E-state index contributed by atoms with van der Waals surface area (Å²) in [5.41, 5.74) is 7.27. The van der Waals surface area contributed by atoms with Crippen LogP contribution in [0.25, 0.3) is 22.2 Å². The molecule has 254 valence electrons. The van der Waals surface area contributed by atoms with Crippen LogP contribution in [0.4, 0.5) is 0 Å². The lowest BCUT2D eigenvalue weighted by Crippen LogP contribution is -2.47. The molecule has 7 nitrogen and oxygen atoms in total. The summed E-state index contributed by atoms with van der Waals surface area (Å²) >= 11 is 0. The van der Waals surface area contributed by atoms with E-state index in [4.69, 9.17) is 5.10 Å². The molecule has 1 N–H and O–H groups in total. The van der Waals surface area contributed by atoms with E-state index in [1.54, 1.807) is 12.4 Å². The normalized spacial score (nSPS) is 14.9. The van der Waals surface area contributed by atoms with E-state index in [2.05, 4.69) is 98.7 Å². The number of piperidine rings is 1. The van der Waals surface area contributed by atoms with Crippen molar-refractivity contribution in [1.82, 2.24) is 25.0 Å². The zero-order valence-corrected chi connectivity index (χ0v) is 28.8. The predicted molar refractivity (Wildman–Crippen MR) is 204 cm³/mol. The highest BCUT2D eigenvalue weighted by atomic mass is 16.1. The summed E-state index contributed by atoms with van der Waals surface area (Å²) in [7, 11) is 0. The molecule has 0 radical (unpaired) electrons. The summed E-state index contributed by atoms with van der Waals surface area (Å²) in [5, 5.41) is 19.3. The number of aromatic nitrogens is 3. The van der Waals surface area contributed by atoms with Crippen molar-refractivity contribution in [2.45, 2.75) is 31.0 Å². The fourth-order valence-electron chi connectivity index (χ4n) is 7.74. The number of hydrogen-bond acceptors (Lipinski definition) is 5. The molecule has 1 aliphatic heterocycles. The fraction of sp³-hybridized carbons (Fsp3) is 0.156. The van der Waals surface area contributed by atoms with Gasteiger partial charge in [0.25, 0.3) is 5.91 Å². The molecular formula is C45H38N6O. The van der Waals surface area contributed by atoms with E-state index < -0.39 is 5.54 Å². The number of nitrogens with one attached hydrogen (secondary N) is 1. The molecule has 0 aliphatic carbocycles. The number of benzene rings is 5. The Kier molecular flexibility index (Phi) is 9.14.